The number of rotatable bonds is 8. The Hall–Kier alpha value is -0.234. The topological polar surface area (TPSA) is 108 Å². The molecule has 2 N–H and O–H groups in total. The summed E-state index contributed by atoms with van der Waals surface area (Å²) >= 11 is 0. The van der Waals surface area contributed by atoms with Gasteiger partial charge in [0.25, 0.3) is 10.4 Å². The molecule has 0 amide bonds. The molecule has 1 atom stereocenters. The summed E-state index contributed by atoms with van der Waals surface area (Å²) in [5, 5.41) is 14.0. The molecule has 0 aliphatic carbocycles. The van der Waals surface area contributed by atoms with E-state index in [-0.39, 0.29) is 69.8 Å². The molecule has 2 rings (SSSR count). The molecular weight excluding hydrogens is 373 g/mol. The zero-order valence-corrected chi connectivity index (χ0v) is 18.4. The second-order valence-electron chi connectivity index (χ2n) is 5.63. The van der Waals surface area contributed by atoms with E-state index in [9.17, 15) is 18.1 Å². The van der Waals surface area contributed by atoms with E-state index in [1.807, 2.05) is 13.8 Å². The molecule has 0 spiro atoms. The van der Waals surface area contributed by atoms with Crippen LogP contribution in [-0.4, -0.2) is 43.4 Å². The van der Waals surface area contributed by atoms with Crippen LogP contribution in [0.2, 0.25) is 0 Å². The average molecular weight is 394 g/mol. The second-order valence-corrected chi connectivity index (χ2v) is 6.61. The van der Waals surface area contributed by atoms with Crippen LogP contribution in [0.15, 0.2) is 36.4 Å². The fraction of sp³-hybridized carbons (Fsp3) is 0.375. The first kappa shape index (κ1) is 22.8. The number of fused-ring (bicyclic) bond motifs is 1. The van der Waals surface area contributed by atoms with Gasteiger partial charge in [0.15, 0.2) is 0 Å². The molecule has 25 heavy (non-hydrogen) atoms. The van der Waals surface area contributed by atoms with E-state index in [2.05, 4.69) is 9.50 Å². The van der Waals surface area contributed by atoms with Crippen LogP contribution >= 0.6 is 0 Å². The van der Waals surface area contributed by atoms with E-state index in [1.54, 1.807) is 24.3 Å². The average Bonchev–Trinajstić information content (AvgIpc) is 2.51. The van der Waals surface area contributed by atoms with Gasteiger partial charge in [0.05, 0.1) is 0 Å². The Labute approximate surface area is 190 Å². The molecule has 9 heteroatoms. The van der Waals surface area contributed by atoms with Crippen LogP contribution in [0.25, 0.3) is 10.8 Å². The summed E-state index contributed by atoms with van der Waals surface area (Å²) in [5.41, 5.74) is 0. The van der Waals surface area contributed by atoms with Crippen molar-refractivity contribution in [2.75, 3.05) is 13.2 Å². The third-order valence-corrected chi connectivity index (χ3v) is 3.61. The first-order chi connectivity index (χ1) is 11.3. The SMILES string of the molecule is CC(C)NCC(O)COc1ccc(OS(=O)(=O)[O-])c2ccccc12.[K+]. The van der Waals surface area contributed by atoms with Crippen molar-refractivity contribution < 1.29 is 78.4 Å². The molecule has 0 aromatic heterocycles. The molecule has 0 heterocycles. The van der Waals surface area contributed by atoms with Crippen molar-refractivity contribution in [3.8, 4) is 11.5 Å². The van der Waals surface area contributed by atoms with E-state index in [4.69, 9.17) is 4.74 Å². The Bertz CT molecular complexity index is 796. The summed E-state index contributed by atoms with van der Waals surface area (Å²) in [6.45, 7) is 4.42. The Morgan fingerprint density at radius 3 is 2.24 bits per heavy atom. The molecule has 0 bridgehead atoms. The zero-order valence-electron chi connectivity index (χ0n) is 14.4. The minimum atomic E-state index is -4.86. The van der Waals surface area contributed by atoms with E-state index in [0.717, 1.165) is 0 Å². The Kier molecular flexibility index (Phi) is 9.30. The maximum absolute atomic E-state index is 10.8. The van der Waals surface area contributed by atoms with Crippen molar-refractivity contribution in [3.05, 3.63) is 36.4 Å². The van der Waals surface area contributed by atoms with E-state index in [0.29, 0.717) is 23.1 Å². The van der Waals surface area contributed by atoms with Gasteiger partial charge in [-0.2, -0.15) is 0 Å². The summed E-state index contributed by atoms with van der Waals surface area (Å²) in [6.07, 6.45) is -0.691. The minimum Gasteiger partial charge on any atom is -0.716 e. The van der Waals surface area contributed by atoms with Gasteiger partial charge in [-0.1, -0.05) is 38.1 Å². The number of hydrogen-bond donors (Lipinski definition) is 2. The molecule has 0 saturated carbocycles. The summed E-state index contributed by atoms with van der Waals surface area (Å²) in [5.74, 6) is 0.403. The minimum absolute atomic E-state index is 0. The van der Waals surface area contributed by atoms with Crippen molar-refractivity contribution in [2.24, 2.45) is 0 Å². The van der Waals surface area contributed by atoms with Gasteiger partial charge in [0.2, 0.25) is 0 Å². The van der Waals surface area contributed by atoms with Gasteiger partial charge < -0.3 is 23.9 Å². The van der Waals surface area contributed by atoms with Gasteiger partial charge in [-0.05, 0) is 12.1 Å². The van der Waals surface area contributed by atoms with Crippen LogP contribution in [-0.2, 0) is 10.4 Å². The fourth-order valence-corrected chi connectivity index (χ4v) is 2.53. The third kappa shape index (κ3) is 7.49. The molecule has 0 radical (unpaired) electrons. The number of aliphatic hydroxyl groups excluding tert-OH is 1. The predicted molar refractivity (Wildman–Crippen MR) is 88.9 cm³/mol. The third-order valence-electron chi connectivity index (χ3n) is 3.23. The van der Waals surface area contributed by atoms with Crippen molar-refractivity contribution in [1.82, 2.24) is 5.32 Å². The van der Waals surface area contributed by atoms with Crippen LogP contribution in [0, 0.1) is 0 Å². The van der Waals surface area contributed by atoms with Crippen LogP contribution in [0.4, 0.5) is 0 Å². The van der Waals surface area contributed by atoms with Crippen molar-refractivity contribution in [1.29, 1.82) is 0 Å². The van der Waals surface area contributed by atoms with E-state index in [1.165, 1.54) is 12.1 Å². The molecule has 0 aliphatic heterocycles. The second kappa shape index (κ2) is 10.2. The molecule has 1 unspecified atom stereocenters. The van der Waals surface area contributed by atoms with Gasteiger partial charge in [0.1, 0.15) is 24.2 Å². The molecule has 0 aliphatic rings. The van der Waals surface area contributed by atoms with E-state index >= 15 is 0 Å². The Balaban J connectivity index is 0.00000312. The maximum atomic E-state index is 10.8. The maximum Gasteiger partial charge on any atom is 1.00 e. The zero-order chi connectivity index (χ0) is 17.7. The molecule has 2 aromatic rings. The van der Waals surface area contributed by atoms with Gasteiger partial charge in [-0.15, -0.1) is 0 Å². The normalized spacial score (nSPS) is 12.7. The van der Waals surface area contributed by atoms with Crippen LogP contribution in [0.1, 0.15) is 13.8 Å². The first-order valence-corrected chi connectivity index (χ1v) is 8.81. The van der Waals surface area contributed by atoms with Crippen molar-refractivity contribution in [3.63, 3.8) is 0 Å². The monoisotopic (exact) mass is 393 g/mol. The largest absolute Gasteiger partial charge is 1.00 e. The van der Waals surface area contributed by atoms with Crippen LogP contribution in [0.3, 0.4) is 0 Å². The van der Waals surface area contributed by atoms with Crippen LogP contribution < -0.4 is 65.6 Å². The molecule has 132 valence electrons. The van der Waals surface area contributed by atoms with Gasteiger partial charge in [0, 0.05) is 23.4 Å². The fourth-order valence-electron chi connectivity index (χ4n) is 2.17. The Morgan fingerprint density at radius 2 is 1.68 bits per heavy atom. The molecule has 0 fully saturated rings. The summed E-state index contributed by atoms with van der Waals surface area (Å²) in [4.78, 5) is 0. The number of aliphatic hydroxyl groups is 1. The number of ether oxygens (including phenoxy) is 1. The number of benzene rings is 2. The van der Waals surface area contributed by atoms with E-state index < -0.39 is 16.5 Å². The smallest absolute Gasteiger partial charge is 0.716 e. The summed E-state index contributed by atoms with van der Waals surface area (Å²) < 4.78 is 42.6. The Morgan fingerprint density at radius 1 is 1.12 bits per heavy atom. The summed E-state index contributed by atoms with van der Waals surface area (Å²) in [7, 11) is -4.86. The molecule has 7 nitrogen and oxygen atoms in total. The van der Waals surface area contributed by atoms with Crippen molar-refractivity contribution in [2.45, 2.75) is 26.0 Å². The molecule has 0 saturated heterocycles. The van der Waals surface area contributed by atoms with Gasteiger partial charge >= 0.3 is 51.4 Å². The standard InChI is InChI=1S/C16H21NO6S.K/c1-11(2)17-9-12(18)10-22-15-7-8-16(23-24(19,20)21)14-6-4-3-5-13(14)15;/h3-8,11-12,17-18H,9-10H2,1-2H3,(H,19,20,21);/q;+1/p-1. The van der Waals surface area contributed by atoms with Gasteiger partial charge in [-0.3, -0.25) is 0 Å². The molecule has 2 aromatic carbocycles. The predicted octanol–water partition coefficient (Wildman–Crippen LogP) is -1.58. The quantitative estimate of drug-likeness (QED) is 0.317. The van der Waals surface area contributed by atoms with Crippen LogP contribution in [0.5, 0.6) is 11.5 Å². The van der Waals surface area contributed by atoms with Gasteiger partial charge in [-0.25, -0.2) is 8.42 Å². The summed E-state index contributed by atoms with van der Waals surface area (Å²) in [6, 6.07) is 9.90. The molecular formula is C16H20KNO6S. The van der Waals surface area contributed by atoms with Crippen molar-refractivity contribution >= 4 is 21.2 Å². The first-order valence-electron chi connectivity index (χ1n) is 7.47. The number of nitrogens with one attached hydrogen (secondary N) is 1. The number of hydrogen-bond acceptors (Lipinski definition) is 7.